The van der Waals surface area contributed by atoms with E-state index in [1.54, 1.807) is 24.3 Å². The Morgan fingerprint density at radius 2 is 1.08 bits per heavy atom. The van der Waals surface area contributed by atoms with Crippen LogP contribution in [0.25, 0.3) is 0 Å². The Kier molecular flexibility index (Phi) is 13.5. The van der Waals surface area contributed by atoms with Crippen molar-refractivity contribution in [3.8, 4) is 11.5 Å². The predicted octanol–water partition coefficient (Wildman–Crippen LogP) is 6.26. The Hall–Kier alpha value is -3.02. The molecule has 0 unspecified atom stereocenters. The molecule has 0 heterocycles. The Morgan fingerprint density at radius 3 is 1.47 bits per heavy atom. The summed E-state index contributed by atoms with van der Waals surface area (Å²) in [6.07, 6.45) is 5.77. The maximum Gasteiger partial charge on any atom is 0.251 e. The second-order valence-corrected chi connectivity index (χ2v) is 10.0. The minimum atomic E-state index is -0.0769. The molecule has 2 rings (SSSR count). The molecular formula is C30H44N2O4. The van der Waals surface area contributed by atoms with E-state index in [0.29, 0.717) is 49.3 Å². The molecule has 6 nitrogen and oxygen atoms in total. The zero-order chi connectivity index (χ0) is 26.2. The summed E-state index contributed by atoms with van der Waals surface area (Å²) >= 11 is 0. The number of hydrogen-bond acceptors (Lipinski definition) is 4. The van der Waals surface area contributed by atoms with Crippen LogP contribution in [-0.2, 0) is 0 Å². The normalized spacial score (nSPS) is 10.9. The molecule has 0 saturated carbocycles. The van der Waals surface area contributed by atoms with Crippen LogP contribution in [0.3, 0.4) is 0 Å². The zero-order valence-corrected chi connectivity index (χ0v) is 22.5. The first kappa shape index (κ1) is 29.2. The van der Waals surface area contributed by atoms with Crippen molar-refractivity contribution in [2.24, 2.45) is 11.8 Å². The van der Waals surface area contributed by atoms with Gasteiger partial charge in [-0.1, -0.05) is 52.7 Å². The molecule has 0 spiro atoms. The van der Waals surface area contributed by atoms with E-state index in [1.165, 1.54) is 0 Å². The number of rotatable bonds is 17. The van der Waals surface area contributed by atoms with E-state index in [0.717, 1.165) is 50.0 Å². The quantitative estimate of drug-likeness (QED) is 0.254. The molecule has 2 aromatic carbocycles. The molecule has 0 radical (unpaired) electrons. The van der Waals surface area contributed by atoms with Crippen LogP contribution < -0.4 is 20.1 Å². The average Bonchev–Trinajstić information content (AvgIpc) is 2.85. The largest absolute Gasteiger partial charge is 0.494 e. The number of ether oxygens (including phenoxy) is 2. The summed E-state index contributed by atoms with van der Waals surface area (Å²) in [5.74, 6) is 2.49. The highest BCUT2D eigenvalue weighted by Crippen LogP contribution is 2.16. The maximum absolute atomic E-state index is 12.4. The van der Waals surface area contributed by atoms with Crippen molar-refractivity contribution >= 4 is 11.8 Å². The van der Waals surface area contributed by atoms with Gasteiger partial charge >= 0.3 is 0 Å². The number of hydrogen-bond donors (Lipinski definition) is 2. The van der Waals surface area contributed by atoms with Crippen molar-refractivity contribution in [1.82, 2.24) is 10.6 Å². The van der Waals surface area contributed by atoms with Gasteiger partial charge in [0.15, 0.2) is 0 Å². The summed E-state index contributed by atoms with van der Waals surface area (Å²) in [4.78, 5) is 24.8. The maximum atomic E-state index is 12.4. The molecule has 0 aliphatic rings. The van der Waals surface area contributed by atoms with Gasteiger partial charge in [-0.05, 0) is 73.9 Å². The first-order valence-electron chi connectivity index (χ1n) is 13.4. The van der Waals surface area contributed by atoms with Crippen molar-refractivity contribution < 1.29 is 19.1 Å². The molecule has 2 amide bonds. The summed E-state index contributed by atoms with van der Waals surface area (Å²) in [5, 5.41) is 5.96. The third-order valence-electron chi connectivity index (χ3n) is 5.79. The minimum Gasteiger partial charge on any atom is -0.494 e. The lowest BCUT2D eigenvalue weighted by molar-refractivity contribution is 0.0943. The van der Waals surface area contributed by atoms with E-state index in [9.17, 15) is 9.59 Å². The lowest BCUT2D eigenvalue weighted by Gasteiger charge is -2.10. The van der Waals surface area contributed by atoms with Crippen LogP contribution in [0.2, 0.25) is 0 Å². The smallest absolute Gasteiger partial charge is 0.251 e. The number of carbonyl (C=O) groups excluding carboxylic acids is 2. The number of amides is 2. The van der Waals surface area contributed by atoms with Gasteiger partial charge in [-0.3, -0.25) is 9.59 Å². The molecule has 198 valence electrons. The third-order valence-corrected chi connectivity index (χ3v) is 5.79. The molecule has 0 aliphatic heterocycles. The first-order valence-corrected chi connectivity index (χ1v) is 13.4. The lowest BCUT2D eigenvalue weighted by Crippen LogP contribution is -2.25. The van der Waals surface area contributed by atoms with E-state index >= 15 is 0 Å². The Morgan fingerprint density at radius 1 is 0.667 bits per heavy atom. The van der Waals surface area contributed by atoms with Crippen molar-refractivity contribution in [2.75, 3.05) is 26.3 Å². The van der Waals surface area contributed by atoms with Gasteiger partial charge in [-0.15, -0.1) is 0 Å². The molecule has 6 heteroatoms. The van der Waals surface area contributed by atoms with Gasteiger partial charge in [-0.25, -0.2) is 0 Å². The highest BCUT2D eigenvalue weighted by molar-refractivity contribution is 5.95. The monoisotopic (exact) mass is 496 g/mol. The van der Waals surface area contributed by atoms with E-state index in [-0.39, 0.29) is 11.8 Å². The predicted molar refractivity (Wildman–Crippen MR) is 146 cm³/mol. The Bertz CT molecular complexity index is 851. The van der Waals surface area contributed by atoms with Crippen molar-refractivity contribution in [1.29, 1.82) is 0 Å². The van der Waals surface area contributed by atoms with Crippen LogP contribution in [0.5, 0.6) is 11.5 Å². The highest BCUT2D eigenvalue weighted by atomic mass is 16.5. The molecule has 0 aromatic heterocycles. The van der Waals surface area contributed by atoms with Crippen molar-refractivity contribution in [2.45, 2.75) is 66.2 Å². The fourth-order valence-corrected chi connectivity index (χ4v) is 3.49. The van der Waals surface area contributed by atoms with Crippen molar-refractivity contribution in [3.05, 3.63) is 59.7 Å². The van der Waals surface area contributed by atoms with E-state index < -0.39 is 0 Å². The fourth-order valence-electron chi connectivity index (χ4n) is 3.49. The standard InChI is InChI=1S/C30H44N2O4/c1-23(2)15-19-35-27-13-9-11-25(21-27)29(33)31-17-7-5-6-8-18-32-30(34)26-12-10-14-28(22-26)36-20-16-24(3)4/h9-14,21-24H,5-8,15-20H2,1-4H3,(H,31,33)(H,32,34). The van der Waals surface area contributed by atoms with E-state index in [4.69, 9.17) is 9.47 Å². The van der Waals surface area contributed by atoms with Crippen LogP contribution >= 0.6 is 0 Å². The summed E-state index contributed by atoms with van der Waals surface area (Å²) in [6, 6.07) is 14.7. The van der Waals surface area contributed by atoms with Gasteiger partial charge in [0.2, 0.25) is 0 Å². The van der Waals surface area contributed by atoms with Gasteiger partial charge in [0.1, 0.15) is 11.5 Å². The number of nitrogens with one attached hydrogen (secondary N) is 2. The summed E-state index contributed by atoms with van der Waals surface area (Å²) < 4.78 is 11.5. The molecule has 2 N–H and O–H groups in total. The van der Waals surface area contributed by atoms with Crippen LogP contribution in [0.15, 0.2) is 48.5 Å². The molecule has 0 atom stereocenters. The molecule has 0 bridgehead atoms. The lowest BCUT2D eigenvalue weighted by atomic mass is 10.1. The molecule has 0 aliphatic carbocycles. The number of carbonyl (C=O) groups is 2. The molecular weight excluding hydrogens is 452 g/mol. The van der Waals surface area contributed by atoms with Crippen LogP contribution in [0.1, 0.15) is 86.9 Å². The van der Waals surface area contributed by atoms with Crippen LogP contribution in [-0.4, -0.2) is 38.1 Å². The third kappa shape index (κ3) is 12.1. The number of unbranched alkanes of at least 4 members (excludes halogenated alkanes) is 3. The fraction of sp³-hybridized carbons (Fsp3) is 0.533. The number of benzene rings is 2. The van der Waals surface area contributed by atoms with Crippen molar-refractivity contribution in [3.63, 3.8) is 0 Å². The molecule has 0 fully saturated rings. The average molecular weight is 497 g/mol. The molecule has 0 saturated heterocycles. The van der Waals surface area contributed by atoms with Gasteiger partial charge in [0, 0.05) is 24.2 Å². The first-order chi connectivity index (χ1) is 17.3. The Labute approximate surface area is 217 Å². The molecule has 36 heavy (non-hydrogen) atoms. The zero-order valence-electron chi connectivity index (χ0n) is 22.5. The van der Waals surface area contributed by atoms with Crippen LogP contribution in [0.4, 0.5) is 0 Å². The van der Waals surface area contributed by atoms with E-state index in [1.807, 2.05) is 24.3 Å². The second-order valence-electron chi connectivity index (χ2n) is 10.0. The Balaban J connectivity index is 1.57. The SMILES string of the molecule is CC(C)CCOc1cccc(C(=O)NCCCCCCNC(=O)c2cccc(OCCC(C)C)c2)c1. The highest BCUT2D eigenvalue weighted by Gasteiger charge is 2.08. The molecule has 2 aromatic rings. The second kappa shape index (κ2) is 16.6. The summed E-state index contributed by atoms with van der Waals surface area (Å²) in [6.45, 7) is 11.2. The van der Waals surface area contributed by atoms with Gasteiger partial charge < -0.3 is 20.1 Å². The summed E-state index contributed by atoms with van der Waals surface area (Å²) in [7, 11) is 0. The minimum absolute atomic E-state index is 0.0769. The topological polar surface area (TPSA) is 76.7 Å². The van der Waals surface area contributed by atoms with Gasteiger partial charge in [0.05, 0.1) is 13.2 Å². The van der Waals surface area contributed by atoms with Gasteiger partial charge in [-0.2, -0.15) is 0 Å². The van der Waals surface area contributed by atoms with E-state index in [2.05, 4.69) is 38.3 Å². The van der Waals surface area contributed by atoms with Gasteiger partial charge in [0.25, 0.3) is 11.8 Å². The summed E-state index contributed by atoms with van der Waals surface area (Å²) in [5.41, 5.74) is 1.24. The van der Waals surface area contributed by atoms with Crippen LogP contribution in [0, 0.1) is 11.8 Å².